The Labute approximate surface area is 183 Å². The second-order valence-corrected chi connectivity index (χ2v) is 8.17. The first kappa shape index (κ1) is 20.8. The van der Waals surface area contributed by atoms with Crippen molar-refractivity contribution in [3.63, 3.8) is 0 Å². The molecule has 2 aliphatic rings. The first-order chi connectivity index (χ1) is 15.6. The van der Waals surface area contributed by atoms with Crippen LogP contribution < -0.4 is 10.2 Å². The van der Waals surface area contributed by atoms with Crippen molar-refractivity contribution in [2.45, 2.75) is 44.6 Å². The minimum Gasteiger partial charge on any atom is -0.378 e. The lowest BCUT2D eigenvalue weighted by molar-refractivity contribution is 0.102. The summed E-state index contributed by atoms with van der Waals surface area (Å²) in [6, 6.07) is 1.91. The molecule has 1 amide bonds. The summed E-state index contributed by atoms with van der Waals surface area (Å²) in [7, 11) is 0. The average Bonchev–Trinajstić information content (AvgIpc) is 3.44. The smallest absolute Gasteiger partial charge is 0.284 e. The van der Waals surface area contributed by atoms with E-state index in [1.807, 2.05) is 6.07 Å². The van der Waals surface area contributed by atoms with E-state index in [1.165, 1.54) is 16.9 Å². The number of halogens is 2. The Balaban J connectivity index is 1.41. The van der Waals surface area contributed by atoms with E-state index in [0.717, 1.165) is 32.1 Å². The van der Waals surface area contributed by atoms with Crippen LogP contribution in [0.1, 0.15) is 60.6 Å². The molecule has 4 heterocycles. The number of hydrogen-bond donors (Lipinski definition) is 1. The van der Waals surface area contributed by atoms with Gasteiger partial charge in [0.25, 0.3) is 12.3 Å². The summed E-state index contributed by atoms with van der Waals surface area (Å²) in [6.07, 6.45) is 6.92. The minimum absolute atomic E-state index is 0.0271. The van der Waals surface area contributed by atoms with Gasteiger partial charge in [0.1, 0.15) is 11.4 Å². The van der Waals surface area contributed by atoms with Crippen LogP contribution in [-0.4, -0.2) is 56.6 Å². The number of hydrogen-bond acceptors (Lipinski definition) is 6. The predicted molar refractivity (Wildman–Crippen MR) is 113 cm³/mol. The molecule has 11 heteroatoms. The van der Waals surface area contributed by atoms with Crippen molar-refractivity contribution >= 4 is 23.1 Å². The number of nitrogens with zero attached hydrogens (tertiary/aromatic N) is 6. The Hall–Kier alpha value is -3.08. The Morgan fingerprint density at radius 3 is 2.72 bits per heavy atom. The maximum atomic E-state index is 13.6. The zero-order chi connectivity index (χ0) is 22.1. The molecular weight excluding hydrogens is 420 g/mol. The third kappa shape index (κ3) is 4.04. The molecule has 170 valence electrons. The second-order valence-electron chi connectivity index (χ2n) is 8.17. The van der Waals surface area contributed by atoms with Gasteiger partial charge in [-0.2, -0.15) is 10.2 Å². The molecule has 0 bridgehead atoms. The van der Waals surface area contributed by atoms with Crippen molar-refractivity contribution in [2.24, 2.45) is 0 Å². The molecule has 0 unspecified atom stereocenters. The summed E-state index contributed by atoms with van der Waals surface area (Å²) in [5.41, 5.74) is 0.192. The van der Waals surface area contributed by atoms with Gasteiger partial charge in [-0.3, -0.25) is 9.48 Å². The summed E-state index contributed by atoms with van der Waals surface area (Å²) < 4.78 is 35.7. The normalized spacial score (nSPS) is 17.9. The van der Waals surface area contributed by atoms with Crippen molar-refractivity contribution in [1.82, 2.24) is 24.4 Å². The van der Waals surface area contributed by atoms with E-state index in [0.29, 0.717) is 37.8 Å². The predicted octanol–water partition coefficient (Wildman–Crippen LogP) is 3.46. The number of nitrogens with one attached hydrogen (secondary N) is 1. The number of ether oxygens (including phenoxy) is 1. The van der Waals surface area contributed by atoms with Gasteiger partial charge in [0.15, 0.2) is 11.3 Å². The zero-order valence-electron chi connectivity index (χ0n) is 17.6. The number of fused-ring (bicyclic) bond motifs is 1. The van der Waals surface area contributed by atoms with Gasteiger partial charge in [-0.15, -0.1) is 0 Å². The molecule has 0 radical (unpaired) electrons. The summed E-state index contributed by atoms with van der Waals surface area (Å²) in [5, 5.41) is 10.9. The molecule has 1 aliphatic heterocycles. The van der Waals surface area contributed by atoms with Gasteiger partial charge < -0.3 is 15.0 Å². The van der Waals surface area contributed by atoms with Crippen molar-refractivity contribution in [1.29, 1.82) is 0 Å². The van der Waals surface area contributed by atoms with Crippen LogP contribution in [-0.2, 0) is 4.74 Å². The second kappa shape index (κ2) is 8.81. The highest BCUT2D eigenvalue weighted by Crippen LogP contribution is 2.32. The van der Waals surface area contributed by atoms with Crippen molar-refractivity contribution in [2.75, 3.05) is 36.5 Å². The summed E-state index contributed by atoms with van der Waals surface area (Å²) in [6.45, 7) is 2.63. The molecule has 1 saturated heterocycles. The van der Waals surface area contributed by atoms with E-state index in [2.05, 4.69) is 25.4 Å². The highest BCUT2D eigenvalue weighted by molar-refractivity contribution is 6.08. The van der Waals surface area contributed by atoms with E-state index < -0.39 is 18.0 Å². The molecule has 0 spiro atoms. The maximum absolute atomic E-state index is 13.6. The van der Waals surface area contributed by atoms with Gasteiger partial charge in [0.2, 0.25) is 0 Å². The maximum Gasteiger partial charge on any atom is 0.284 e. The van der Waals surface area contributed by atoms with E-state index >= 15 is 0 Å². The van der Waals surface area contributed by atoms with E-state index in [-0.39, 0.29) is 17.3 Å². The van der Waals surface area contributed by atoms with Crippen LogP contribution in [0.25, 0.3) is 5.65 Å². The molecule has 1 aliphatic carbocycles. The van der Waals surface area contributed by atoms with Crippen molar-refractivity contribution in [3.05, 3.63) is 35.9 Å². The fourth-order valence-electron chi connectivity index (χ4n) is 4.37. The van der Waals surface area contributed by atoms with Crippen LogP contribution in [0.3, 0.4) is 0 Å². The number of rotatable bonds is 5. The van der Waals surface area contributed by atoms with Crippen LogP contribution in [0.4, 0.5) is 20.3 Å². The van der Waals surface area contributed by atoms with Crippen LogP contribution >= 0.6 is 0 Å². The van der Waals surface area contributed by atoms with Crippen LogP contribution in [0, 0.1) is 0 Å². The van der Waals surface area contributed by atoms with Gasteiger partial charge in [-0.25, -0.2) is 18.3 Å². The van der Waals surface area contributed by atoms with Gasteiger partial charge in [-0.05, 0) is 18.9 Å². The molecule has 1 N–H and O–H groups in total. The molecule has 0 atom stereocenters. The Bertz CT molecular complexity index is 1100. The number of anilines is 2. The molecule has 1 saturated carbocycles. The number of alkyl halides is 2. The zero-order valence-corrected chi connectivity index (χ0v) is 17.6. The number of aromatic nitrogens is 5. The minimum atomic E-state index is -2.79. The average molecular weight is 445 g/mol. The lowest BCUT2D eigenvalue weighted by Crippen LogP contribution is -2.36. The highest BCUT2D eigenvalue weighted by atomic mass is 19.3. The Kier molecular flexibility index (Phi) is 5.73. The van der Waals surface area contributed by atoms with Gasteiger partial charge >= 0.3 is 0 Å². The topological polar surface area (TPSA) is 89.6 Å². The van der Waals surface area contributed by atoms with Crippen molar-refractivity contribution in [3.8, 4) is 0 Å². The number of morpholine rings is 1. The van der Waals surface area contributed by atoms with Crippen LogP contribution in [0.15, 0.2) is 24.7 Å². The van der Waals surface area contributed by atoms with Gasteiger partial charge in [0, 0.05) is 25.5 Å². The molecule has 0 aromatic carbocycles. The lowest BCUT2D eigenvalue weighted by atomic mass is 9.96. The fourth-order valence-corrected chi connectivity index (χ4v) is 4.37. The molecule has 5 rings (SSSR count). The number of carbonyl (C=O) groups excluding carboxylic acids is 1. The molecule has 2 fully saturated rings. The van der Waals surface area contributed by atoms with E-state index in [4.69, 9.17) is 4.74 Å². The lowest BCUT2D eigenvalue weighted by Gasteiger charge is -2.27. The number of amides is 1. The van der Waals surface area contributed by atoms with E-state index in [1.54, 1.807) is 10.9 Å². The third-order valence-electron chi connectivity index (χ3n) is 6.10. The van der Waals surface area contributed by atoms with Crippen LogP contribution in [0.5, 0.6) is 0 Å². The van der Waals surface area contributed by atoms with Crippen LogP contribution in [0.2, 0.25) is 0 Å². The Morgan fingerprint density at radius 1 is 1.19 bits per heavy atom. The van der Waals surface area contributed by atoms with E-state index in [9.17, 15) is 13.6 Å². The van der Waals surface area contributed by atoms with Crippen molar-refractivity contribution < 1.29 is 18.3 Å². The quantitative estimate of drug-likeness (QED) is 0.647. The first-order valence-electron chi connectivity index (χ1n) is 11.0. The highest BCUT2D eigenvalue weighted by Gasteiger charge is 2.25. The first-order valence-corrected chi connectivity index (χ1v) is 11.0. The Morgan fingerprint density at radius 2 is 1.97 bits per heavy atom. The molecule has 3 aromatic heterocycles. The number of carbonyl (C=O) groups is 1. The van der Waals surface area contributed by atoms with Gasteiger partial charge in [0.05, 0.1) is 31.1 Å². The summed E-state index contributed by atoms with van der Waals surface area (Å²) in [5.74, 6) is 0.172. The fraction of sp³-hybridized carbons (Fsp3) is 0.524. The standard InChI is InChI=1S/C21H25F2N7O2/c22-19(23)18-16(13-30(27-18)14-4-2-1-3-5-14)25-21(31)15-12-24-29-7-6-17(26-20(15)29)28-8-10-32-11-9-28/h6-7,12-14,19H,1-5,8-11H2,(H,25,31). The summed E-state index contributed by atoms with van der Waals surface area (Å²) >= 11 is 0. The molecule has 9 nitrogen and oxygen atoms in total. The molecule has 32 heavy (non-hydrogen) atoms. The molecular formula is C21H25F2N7O2. The van der Waals surface area contributed by atoms with Gasteiger partial charge in [-0.1, -0.05) is 19.3 Å². The third-order valence-corrected chi connectivity index (χ3v) is 6.10. The molecule has 3 aromatic rings. The SMILES string of the molecule is O=C(Nc1cn(C2CCCCC2)nc1C(F)F)c1cnn2ccc(N3CCOCC3)nc12. The summed E-state index contributed by atoms with van der Waals surface area (Å²) in [4.78, 5) is 19.7. The largest absolute Gasteiger partial charge is 0.378 e. The monoisotopic (exact) mass is 445 g/mol.